The average Bonchev–Trinajstić information content (AvgIpc) is 2.32. The van der Waals surface area contributed by atoms with Crippen LogP contribution >= 0.6 is 0 Å². The molecule has 1 aliphatic rings. The van der Waals surface area contributed by atoms with Crippen LogP contribution in [0.25, 0.3) is 0 Å². The molecule has 1 fully saturated rings. The Kier molecular flexibility index (Phi) is 2.42. The summed E-state index contributed by atoms with van der Waals surface area (Å²) in [6.07, 6.45) is -1.09. The van der Waals surface area contributed by atoms with Gasteiger partial charge >= 0.3 is 5.97 Å². The molecule has 0 unspecified atom stereocenters. The smallest absolute Gasteiger partial charge is 0.306 e. The van der Waals surface area contributed by atoms with Crippen LogP contribution in [0.1, 0.15) is 19.3 Å². The molecule has 0 aromatic rings. The minimum Gasteiger partial charge on any atom is -0.481 e. The summed E-state index contributed by atoms with van der Waals surface area (Å²) in [5, 5.41) is 8.50. The third kappa shape index (κ3) is 1.67. The molecule has 0 amide bonds. The van der Waals surface area contributed by atoms with E-state index in [2.05, 4.69) is 0 Å². The van der Waals surface area contributed by atoms with E-state index in [9.17, 15) is 13.6 Å². The Labute approximate surface area is 63.2 Å². The fourth-order valence-corrected chi connectivity index (χ4v) is 1.60. The lowest BCUT2D eigenvalue weighted by molar-refractivity contribution is -0.145. The van der Waals surface area contributed by atoms with Crippen molar-refractivity contribution >= 4 is 5.97 Å². The van der Waals surface area contributed by atoms with Crippen LogP contribution in [0.5, 0.6) is 0 Å². The van der Waals surface area contributed by atoms with Crippen LogP contribution in [0, 0.1) is 11.8 Å². The van der Waals surface area contributed by atoms with Gasteiger partial charge in [-0.2, -0.15) is 0 Å². The standard InChI is InChI=1S/C7H10F2O2/c8-6(9)4-2-1-3-5(4)7(10)11/h4-6H,1-3H2,(H,10,11)/t4-,5+/m1/s1. The highest BCUT2D eigenvalue weighted by Crippen LogP contribution is 2.35. The highest BCUT2D eigenvalue weighted by Gasteiger charge is 2.38. The zero-order valence-electron chi connectivity index (χ0n) is 5.96. The van der Waals surface area contributed by atoms with Crippen molar-refractivity contribution in [3.63, 3.8) is 0 Å². The minimum absolute atomic E-state index is 0.356. The molecule has 0 aliphatic heterocycles. The fraction of sp³-hybridized carbons (Fsp3) is 0.857. The summed E-state index contributed by atoms with van der Waals surface area (Å²) in [7, 11) is 0. The van der Waals surface area contributed by atoms with E-state index >= 15 is 0 Å². The molecule has 2 atom stereocenters. The number of rotatable bonds is 2. The van der Waals surface area contributed by atoms with Gasteiger partial charge in [-0.15, -0.1) is 0 Å². The monoisotopic (exact) mass is 164 g/mol. The summed E-state index contributed by atoms with van der Waals surface area (Å²) in [4.78, 5) is 10.4. The van der Waals surface area contributed by atoms with Crippen molar-refractivity contribution in [2.24, 2.45) is 11.8 Å². The number of hydrogen-bond acceptors (Lipinski definition) is 1. The Morgan fingerprint density at radius 3 is 2.45 bits per heavy atom. The molecule has 4 heteroatoms. The van der Waals surface area contributed by atoms with Crippen LogP contribution in [0.4, 0.5) is 8.78 Å². The van der Waals surface area contributed by atoms with Crippen LogP contribution in [0.3, 0.4) is 0 Å². The second-order valence-electron chi connectivity index (χ2n) is 2.87. The van der Waals surface area contributed by atoms with Crippen molar-refractivity contribution in [2.75, 3.05) is 0 Å². The number of alkyl halides is 2. The molecule has 0 aromatic carbocycles. The third-order valence-electron chi connectivity index (χ3n) is 2.21. The quantitative estimate of drug-likeness (QED) is 0.675. The highest BCUT2D eigenvalue weighted by molar-refractivity contribution is 5.70. The topological polar surface area (TPSA) is 37.3 Å². The van der Waals surface area contributed by atoms with Crippen molar-refractivity contribution in [1.29, 1.82) is 0 Å². The zero-order chi connectivity index (χ0) is 8.43. The van der Waals surface area contributed by atoms with E-state index < -0.39 is 24.2 Å². The maximum Gasteiger partial charge on any atom is 0.306 e. The first kappa shape index (κ1) is 8.43. The van der Waals surface area contributed by atoms with Gasteiger partial charge in [0.1, 0.15) is 0 Å². The molecule has 2 nitrogen and oxygen atoms in total. The van der Waals surface area contributed by atoms with Crippen molar-refractivity contribution in [2.45, 2.75) is 25.7 Å². The van der Waals surface area contributed by atoms with Gasteiger partial charge in [-0.1, -0.05) is 6.42 Å². The van der Waals surface area contributed by atoms with Gasteiger partial charge < -0.3 is 5.11 Å². The molecule has 0 aromatic heterocycles. The van der Waals surface area contributed by atoms with Crippen molar-refractivity contribution < 1.29 is 18.7 Å². The summed E-state index contributed by atoms with van der Waals surface area (Å²) >= 11 is 0. The minimum atomic E-state index is -2.47. The molecule has 0 saturated heterocycles. The molecule has 1 rings (SSSR count). The molecular formula is C7H10F2O2. The van der Waals surface area contributed by atoms with Crippen molar-refractivity contribution in [1.82, 2.24) is 0 Å². The van der Waals surface area contributed by atoms with Gasteiger partial charge in [0.15, 0.2) is 0 Å². The molecular weight excluding hydrogens is 154 g/mol. The fourth-order valence-electron chi connectivity index (χ4n) is 1.60. The molecule has 0 bridgehead atoms. The zero-order valence-corrected chi connectivity index (χ0v) is 5.96. The summed E-state index contributed by atoms with van der Waals surface area (Å²) in [5.41, 5.74) is 0. The van der Waals surface area contributed by atoms with Crippen LogP contribution < -0.4 is 0 Å². The Morgan fingerprint density at radius 1 is 1.45 bits per heavy atom. The van der Waals surface area contributed by atoms with Gasteiger partial charge in [0.2, 0.25) is 6.43 Å². The van der Waals surface area contributed by atoms with Gasteiger partial charge in [-0.25, -0.2) is 8.78 Å². The van der Waals surface area contributed by atoms with Gasteiger partial charge in [0.05, 0.1) is 5.92 Å². The Hall–Kier alpha value is -0.670. The van der Waals surface area contributed by atoms with E-state index in [1.165, 1.54) is 0 Å². The lowest BCUT2D eigenvalue weighted by atomic mass is 9.97. The number of carboxylic acids is 1. The maximum absolute atomic E-state index is 12.1. The second-order valence-corrected chi connectivity index (χ2v) is 2.87. The first-order chi connectivity index (χ1) is 5.13. The van der Waals surface area contributed by atoms with E-state index in [-0.39, 0.29) is 0 Å². The first-order valence-electron chi connectivity index (χ1n) is 3.64. The van der Waals surface area contributed by atoms with Crippen molar-refractivity contribution in [3.05, 3.63) is 0 Å². The predicted molar refractivity (Wildman–Crippen MR) is 34.5 cm³/mol. The number of halogens is 2. The van der Waals surface area contributed by atoms with Crippen LogP contribution in [0.2, 0.25) is 0 Å². The second kappa shape index (κ2) is 3.15. The van der Waals surface area contributed by atoms with E-state index in [0.717, 1.165) is 0 Å². The van der Waals surface area contributed by atoms with E-state index in [4.69, 9.17) is 5.11 Å². The highest BCUT2D eigenvalue weighted by atomic mass is 19.3. The van der Waals surface area contributed by atoms with Crippen LogP contribution in [-0.2, 0) is 4.79 Å². The van der Waals surface area contributed by atoms with Crippen LogP contribution in [0.15, 0.2) is 0 Å². The Balaban J connectivity index is 2.58. The van der Waals surface area contributed by atoms with E-state index in [1.54, 1.807) is 0 Å². The van der Waals surface area contributed by atoms with E-state index in [1.807, 2.05) is 0 Å². The summed E-state index contributed by atoms with van der Waals surface area (Å²) in [6.45, 7) is 0. The van der Waals surface area contributed by atoms with Gasteiger partial charge in [0, 0.05) is 5.92 Å². The lowest BCUT2D eigenvalue weighted by Gasteiger charge is -2.13. The van der Waals surface area contributed by atoms with Gasteiger partial charge in [0.25, 0.3) is 0 Å². The predicted octanol–water partition coefficient (Wildman–Crippen LogP) is 1.75. The first-order valence-corrected chi connectivity index (χ1v) is 3.64. The number of carboxylic acid groups (broad SMARTS) is 1. The molecule has 64 valence electrons. The summed E-state index contributed by atoms with van der Waals surface area (Å²) in [6, 6.07) is 0. The third-order valence-corrected chi connectivity index (χ3v) is 2.21. The summed E-state index contributed by atoms with van der Waals surface area (Å²) < 4.78 is 24.2. The van der Waals surface area contributed by atoms with Gasteiger partial charge in [-0.3, -0.25) is 4.79 Å². The van der Waals surface area contributed by atoms with E-state index in [0.29, 0.717) is 19.3 Å². The van der Waals surface area contributed by atoms with Crippen molar-refractivity contribution in [3.8, 4) is 0 Å². The number of carbonyl (C=O) groups is 1. The number of hydrogen-bond donors (Lipinski definition) is 1. The number of aliphatic carboxylic acids is 1. The maximum atomic E-state index is 12.1. The molecule has 1 saturated carbocycles. The molecule has 0 radical (unpaired) electrons. The largest absolute Gasteiger partial charge is 0.481 e. The molecule has 1 N–H and O–H groups in total. The molecule has 1 aliphatic carbocycles. The molecule has 11 heavy (non-hydrogen) atoms. The average molecular weight is 164 g/mol. The van der Waals surface area contributed by atoms with Gasteiger partial charge in [-0.05, 0) is 12.8 Å². The SMILES string of the molecule is O=C(O)[C@H]1CCC[C@H]1C(F)F. The normalized spacial score (nSPS) is 31.2. The Morgan fingerprint density at radius 2 is 2.09 bits per heavy atom. The van der Waals surface area contributed by atoms with Crippen LogP contribution in [-0.4, -0.2) is 17.5 Å². The summed E-state index contributed by atoms with van der Waals surface area (Å²) in [5.74, 6) is -2.80. The lowest BCUT2D eigenvalue weighted by Crippen LogP contribution is -2.23. The molecule has 0 spiro atoms. The Bertz CT molecular complexity index is 159. The molecule has 0 heterocycles.